The molecule has 1 aliphatic rings. The first-order valence-corrected chi connectivity index (χ1v) is 11.0. The van der Waals surface area contributed by atoms with Crippen molar-refractivity contribution in [3.63, 3.8) is 0 Å². The van der Waals surface area contributed by atoms with E-state index < -0.39 is 40.0 Å². The molecule has 166 valence electrons. The van der Waals surface area contributed by atoms with Crippen molar-refractivity contribution in [2.24, 2.45) is 0 Å². The number of nitrogens with one attached hydrogen (secondary N) is 2. The SMILES string of the molecule is COC(=O)[C@@H](C)NC(=O)[C@@H]1CN(S(=O)(=O)c2ccccc2)CCN1C(=O)NC(C)C. The van der Waals surface area contributed by atoms with Crippen molar-refractivity contribution in [2.45, 2.75) is 43.8 Å². The summed E-state index contributed by atoms with van der Waals surface area (Å²) in [5.74, 6) is -1.29. The lowest BCUT2D eigenvalue weighted by Crippen LogP contribution is -2.64. The molecule has 0 unspecified atom stereocenters. The van der Waals surface area contributed by atoms with Crippen LogP contribution >= 0.6 is 0 Å². The standard InChI is InChI=1S/C19H28N4O6S/c1-13(2)20-19(26)23-11-10-22(30(27,28)15-8-6-5-7-9-15)12-16(23)17(24)21-14(3)18(25)29-4/h5-9,13-14,16H,10-12H2,1-4H3,(H,20,26)(H,21,24)/t14-,16+/m1/s1. The lowest BCUT2D eigenvalue weighted by atomic mass is 10.1. The molecule has 11 heteroatoms. The van der Waals surface area contributed by atoms with Crippen LogP contribution in [0, 0.1) is 0 Å². The largest absolute Gasteiger partial charge is 0.467 e. The Hall–Kier alpha value is -2.66. The molecule has 1 aromatic carbocycles. The first-order chi connectivity index (χ1) is 14.1. The molecule has 0 spiro atoms. The third kappa shape index (κ3) is 5.48. The second kappa shape index (κ2) is 9.90. The van der Waals surface area contributed by atoms with Crippen LogP contribution in [0.2, 0.25) is 0 Å². The molecule has 2 N–H and O–H groups in total. The number of ether oxygens (including phenoxy) is 1. The highest BCUT2D eigenvalue weighted by Gasteiger charge is 2.40. The molecule has 0 bridgehead atoms. The number of benzene rings is 1. The fourth-order valence-electron chi connectivity index (χ4n) is 3.06. The van der Waals surface area contributed by atoms with Gasteiger partial charge in [0.1, 0.15) is 12.1 Å². The Morgan fingerprint density at radius 2 is 1.70 bits per heavy atom. The van der Waals surface area contributed by atoms with Crippen molar-refractivity contribution >= 4 is 27.9 Å². The fourth-order valence-corrected chi connectivity index (χ4v) is 4.52. The van der Waals surface area contributed by atoms with Crippen LogP contribution in [0.15, 0.2) is 35.2 Å². The normalized spacial score (nSPS) is 18.6. The van der Waals surface area contributed by atoms with Crippen LogP contribution in [-0.4, -0.2) is 80.4 Å². The van der Waals surface area contributed by atoms with Crippen LogP contribution in [0.3, 0.4) is 0 Å². The summed E-state index contributed by atoms with van der Waals surface area (Å²) in [6, 6.07) is 5.18. The number of carbonyl (C=O) groups excluding carboxylic acids is 3. The monoisotopic (exact) mass is 440 g/mol. The summed E-state index contributed by atoms with van der Waals surface area (Å²) < 4.78 is 31.8. The van der Waals surface area contributed by atoms with Gasteiger partial charge in [-0.1, -0.05) is 18.2 Å². The number of hydrogen-bond acceptors (Lipinski definition) is 6. The summed E-state index contributed by atoms with van der Waals surface area (Å²) >= 11 is 0. The Morgan fingerprint density at radius 1 is 1.07 bits per heavy atom. The zero-order valence-corrected chi connectivity index (χ0v) is 18.3. The molecular formula is C19H28N4O6S. The van der Waals surface area contributed by atoms with Gasteiger partial charge in [0, 0.05) is 25.7 Å². The van der Waals surface area contributed by atoms with E-state index in [1.54, 1.807) is 32.0 Å². The maximum atomic E-state index is 13.0. The van der Waals surface area contributed by atoms with E-state index in [4.69, 9.17) is 0 Å². The number of rotatable bonds is 6. The van der Waals surface area contributed by atoms with E-state index in [9.17, 15) is 22.8 Å². The van der Waals surface area contributed by atoms with Crippen LogP contribution < -0.4 is 10.6 Å². The molecule has 1 aromatic rings. The number of urea groups is 1. The number of carbonyl (C=O) groups is 3. The van der Waals surface area contributed by atoms with E-state index in [0.717, 1.165) is 0 Å². The highest BCUT2D eigenvalue weighted by Crippen LogP contribution is 2.20. The molecule has 1 fully saturated rings. The average Bonchev–Trinajstić information content (AvgIpc) is 2.72. The molecule has 2 atom stereocenters. The Bertz CT molecular complexity index is 874. The Labute approximate surface area is 176 Å². The molecular weight excluding hydrogens is 412 g/mol. The van der Waals surface area contributed by atoms with Gasteiger partial charge in [-0.25, -0.2) is 18.0 Å². The molecule has 3 amide bonds. The molecule has 0 saturated carbocycles. The Balaban J connectivity index is 2.28. The van der Waals surface area contributed by atoms with Crippen molar-refractivity contribution < 1.29 is 27.5 Å². The number of methoxy groups -OCH3 is 1. The maximum Gasteiger partial charge on any atom is 0.328 e. The average molecular weight is 441 g/mol. The molecule has 10 nitrogen and oxygen atoms in total. The summed E-state index contributed by atoms with van der Waals surface area (Å²) in [7, 11) is -2.65. The van der Waals surface area contributed by atoms with Crippen LogP contribution in [0.1, 0.15) is 20.8 Å². The first-order valence-electron chi connectivity index (χ1n) is 9.58. The van der Waals surface area contributed by atoms with Crippen LogP contribution in [0.25, 0.3) is 0 Å². The summed E-state index contributed by atoms with van der Waals surface area (Å²) in [6.07, 6.45) is 0. The highest BCUT2D eigenvalue weighted by molar-refractivity contribution is 7.89. The predicted molar refractivity (Wildman–Crippen MR) is 109 cm³/mol. The Morgan fingerprint density at radius 3 is 2.27 bits per heavy atom. The summed E-state index contributed by atoms with van der Waals surface area (Å²) in [5, 5.41) is 5.21. The molecule has 1 aliphatic heterocycles. The number of piperazine rings is 1. The second-order valence-corrected chi connectivity index (χ2v) is 9.18. The van der Waals surface area contributed by atoms with Crippen LogP contribution in [-0.2, 0) is 24.3 Å². The Kier molecular flexibility index (Phi) is 7.79. The number of esters is 1. The zero-order valence-electron chi connectivity index (χ0n) is 17.5. The van der Waals surface area contributed by atoms with E-state index in [1.165, 1.54) is 35.4 Å². The number of hydrogen-bond donors (Lipinski definition) is 2. The summed E-state index contributed by atoms with van der Waals surface area (Å²) in [5.41, 5.74) is 0. The third-order valence-electron chi connectivity index (χ3n) is 4.61. The van der Waals surface area contributed by atoms with Gasteiger partial charge in [0.2, 0.25) is 15.9 Å². The lowest BCUT2D eigenvalue weighted by Gasteiger charge is -2.40. The van der Waals surface area contributed by atoms with Gasteiger partial charge in [0.05, 0.1) is 12.0 Å². The smallest absolute Gasteiger partial charge is 0.328 e. The molecule has 0 aliphatic carbocycles. The van der Waals surface area contributed by atoms with Gasteiger partial charge in [-0.2, -0.15) is 4.31 Å². The van der Waals surface area contributed by atoms with Crippen molar-refractivity contribution in [3.8, 4) is 0 Å². The molecule has 1 saturated heterocycles. The van der Waals surface area contributed by atoms with Crippen molar-refractivity contribution in [1.29, 1.82) is 0 Å². The van der Waals surface area contributed by atoms with E-state index >= 15 is 0 Å². The number of sulfonamides is 1. The van der Waals surface area contributed by atoms with Crippen molar-refractivity contribution in [1.82, 2.24) is 19.8 Å². The molecule has 30 heavy (non-hydrogen) atoms. The third-order valence-corrected chi connectivity index (χ3v) is 6.49. The van der Waals surface area contributed by atoms with Gasteiger partial charge in [-0.05, 0) is 32.9 Å². The molecule has 1 heterocycles. The van der Waals surface area contributed by atoms with Gasteiger partial charge in [0.15, 0.2) is 0 Å². The first kappa shape index (κ1) is 23.6. The number of amides is 3. The molecule has 0 radical (unpaired) electrons. The fraction of sp³-hybridized carbons (Fsp3) is 0.526. The van der Waals surface area contributed by atoms with Gasteiger partial charge in [-0.15, -0.1) is 0 Å². The molecule has 0 aromatic heterocycles. The van der Waals surface area contributed by atoms with Gasteiger partial charge in [-0.3, -0.25) is 4.79 Å². The van der Waals surface area contributed by atoms with Crippen molar-refractivity contribution in [3.05, 3.63) is 30.3 Å². The molecule has 2 rings (SSSR count). The quantitative estimate of drug-likeness (QED) is 0.607. The maximum absolute atomic E-state index is 13.0. The van der Waals surface area contributed by atoms with E-state index in [-0.39, 0.29) is 30.6 Å². The minimum absolute atomic E-state index is 0.0231. The van der Waals surface area contributed by atoms with Crippen molar-refractivity contribution in [2.75, 3.05) is 26.7 Å². The van der Waals surface area contributed by atoms with E-state index in [2.05, 4.69) is 15.4 Å². The van der Waals surface area contributed by atoms with E-state index in [0.29, 0.717) is 0 Å². The van der Waals surface area contributed by atoms with Crippen LogP contribution in [0.4, 0.5) is 4.79 Å². The minimum atomic E-state index is -3.85. The van der Waals surface area contributed by atoms with Gasteiger partial charge in [0.25, 0.3) is 0 Å². The minimum Gasteiger partial charge on any atom is -0.467 e. The van der Waals surface area contributed by atoms with Crippen LogP contribution in [0.5, 0.6) is 0 Å². The van der Waals surface area contributed by atoms with Gasteiger partial charge < -0.3 is 20.3 Å². The second-order valence-electron chi connectivity index (χ2n) is 7.24. The topological polar surface area (TPSA) is 125 Å². The highest BCUT2D eigenvalue weighted by atomic mass is 32.2. The lowest BCUT2D eigenvalue weighted by molar-refractivity contribution is -0.145. The summed E-state index contributed by atoms with van der Waals surface area (Å²) in [4.78, 5) is 38.5. The summed E-state index contributed by atoms with van der Waals surface area (Å²) in [6.45, 7) is 4.84. The number of nitrogens with zero attached hydrogens (tertiary/aromatic N) is 2. The van der Waals surface area contributed by atoms with E-state index in [1.807, 2.05) is 0 Å². The van der Waals surface area contributed by atoms with Gasteiger partial charge >= 0.3 is 12.0 Å². The predicted octanol–water partition coefficient (Wildman–Crippen LogP) is 0.157. The zero-order chi connectivity index (χ0) is 22.5.